The summed E-state index contributed by atoms with van der Waals surface area (Å²) in [4.78, 5) is 32.3. The van der Waals surface area contributed by atoms with Gasteiger partial charge in [0, 0.05) is 25.8 Å². The third kappa shape index (κ3) is 3.80. The predicted octanol–water partition coefficient (Wildman–Crippen LogP) is 3.19. The molecule has 29 heavy (non-hydrogen) atoms. The molecule has 2 aromatic carbocycles. The summed E-state index contributed by atoms with van der Waals surface area (Å²) in [6.07, 6.45) is 2.09. The third-order valence-corrected chi connectivity index (χ3v) is 5.52. The van der Waals surface area contributed by atoms with E-state index in [1.165, 1.54) is 0 Å². The molecule has 1 aliphatic heterocycles. The van der Waals surface area contributed by atoms with Crippen LogP contribution < -0.4 is 5.56 Å². The first-order valence-electron chi connectivity index (χ1n) is 9.95. The maximum atomic E-state index is 12.9. The summed E-state index contributed by atoms with van der Waals surface area (Å²) in [6, 6.07) is 14.5. The van der Waals surface area contributed by atoms with E-state index in [4.69, 9.17) is 4.74 Å². The monoisotopic (exact) mass is 391 g/mol. The number of piperidine rings is 1. The van der Waals surface area contributed by atoms with E-state index in [-0.39, 0.29) is 11.5 Å². The zero-order valence-corrected chi connectivity index (χ0v) is 16.8. The maximum absolute atomic E-state index is 12.9. The molecule has 150 valence electrons. The predicted molar refractivity (Wildman–Crippen MR) is 113 cm³/mol. The highest BCUT2D eigenvalue weighted by Gasteiger charge is 2.24. The quantitative estimate of drug-likeness (QED) is 0.685. The van der Waals surface area contributed by atoms with Crippen molar-refractivity contribution < 1.29 is 9.53 Å². The van der Waals surface area contributed by atoms with Gasteiger partial charge in [0.2, 0.25) is 0 Å². The van der Waals surface area contributed by atoms with E-state index < -0.39 is 0 Å². The van der Waals surface area contributed by atoms with Crippen molar-refractivity contribution >= 4 is 16.8 Å². The van der Waals surface area contributed by atoms with Crippen molar-refractivity contribution in [2.24, 2.45) is 5.92 Å². The number of nitrogens with zero attached hydrogens (tertiary/aromatic N) is 3. The molecule has 3 aromatic rings. The van der Waals surface area contributed by atoms with Crippen LogP contribution in [0.3, 0.4) is 0 Å². The second-order valence-corrected chi connectivity index (χ2v) is 7.58. The lowest BCUT2D eigenvalue weighted by atomic mass is 9.98. The summed E-state index contributed by atoms with van der Waals surface area (Å²) in [6.45, 7) is 3.99. The molecule has 0 aliphatic carbocycles. The second-order valence-electron chi connectivity index (χ2n) is 7.58. The molecule has 6 nitrogen and oxygen atoms in total. The van der Waals surface area contributed by atoms with E-state index in [0.29, 0.717) is 40.5 Å². The standard InChI is InChI=1S/C23H25N3O3/c1-16-24-21-8-4-3-7-20(21)23(28)26(16)19-11-9-18(10-12-19)22(27)25-13-5-6-17(14-25)15-29-2/h3-4,7-12,17H,5-6,13-15H2,1-2H3. The Bertz CT molecular complexity index is 1090. The Kier molecular flexibility index (Phi) is 5.45. The number of carbonyl (C=O) groups excluding carboxylic acids is 1. The first-order valence-corrected chi connectivity index (χ1v) is 9.95. The molecule has 0 spiro atoms. The minimum absolute atomic E-state index is 0.0260. The number of benzene rings is 2. The molecule has 0 bridgehead atoms. The minimum atomic E-state index is -0.106. The van der Waals surface area contributed by atoms with Gasteiger partial charge in [0.05, 0.1) is 23.2 Å². The van der Waals surface area contributed by atoms with E-state index >= 15 is 0 Å². The zero-order valence-electron chi connectivity index (χ0n) is 16.8. The Balaban J connectivity index is 1.61. The Labute approximate surface area is 169 Å². The molecule has 6 heteroatoms. The van der Waals surface area contributed by atoms with Crippen molar-refractivity contribution in [1.82, 2.24) is 14.5 Å². The number of carbonyl (C=O) groups is 1. The van der Waals surface area contributed by atoms with Gasteiger partial charge in [-0.1, -0.05) is 12.1 Å². The Morgan fingerprint density at radius 2 is 1.93 bits per heavy atom. The number of hydrogen-bond donors (Lipinski definition) is 0. The molecule has 1 saturated heterocycles. The summed E-state index contributed by atoms with van der Waals surface area (Å²) in [5.41, 5.74) is 1.92. The summed E-state index contributed by atoms with van der Waals surface area (Å²) in [5, 5.41) is 0.579. The van der Waals surface area contributed by atoms with Crippen molar-refractivity contribution in [3.63, 3.8) is 0 Å². The summed E-state index contributed by atoms with van der Waals surface area (Å²) >= 11 is 0. The molecule has 1 aromatic heterocycles. The average Bonchev–Trinajstić information content (AvgIpc) is 2.74. The maximum Gasteiger partial charge on any atom is 0.265 e. The molecular weight excluding hydrogens is 366 g/mol. The van der Waals surface area contributed by atoms with Crippen LogP contribution in [-0.4, -0.2) is 47.2 Å². The fourth-order valence-corrected chi connectivity index (χ4v) is 4.10. The fraction of sp³-hybridized carbons (Fsp3) is 0.348. The zero-order chi connectivity index (χ0) is 20.4. The van der Waals surface area contributed by atoms with Gasteiger partial charge in [-0.3, -0.25) is 14.2 Å². The van der Waals surface area contributed by atoms with E-state index in [2.05, 4.69) is 4.98 Å². The molecule has 2 heterocycles. The number of amides is 1. The fourth-order valence-electron chi connectivity index (χ4n) is 4.10. The van der Waals surface area contributed by atoms with Crippen molar-refractivity contribution in [3.8, 4) is 5.69 Å². The first-order chi connectivity index (χ1) is 14.1. The molecule has 1 aliphatic rings. The molecule has 0 radical (unpaired) electrons. The Morgan fingerprint density at radius 3 is 2.69 bits per heavy atom. The van der Waals surface area contributed by atoms with Crippen LogP contribution in [0.25, 0.3) is 16.6 Å². The normalized spacial score (nSPS) is 16.9. The van der Waals surface area contributed by atoms with Gasteiger partial charge in [-0.25, -0.2) is 4.98 Å². The number of hydrogen-bond acceptors (Lipinski definition) is 4. The van der Waals surface area contributed by atoms with E-state index in [1.54, 1.807) is 29.9 Å². The number of aromatic nitrogens is 2. The summed E-state index contributed by atoms with van der Waals surface area (Å²) in [7, 11) is 1.70. The van der Waals surface area contributed by atoms with Gasteiger partial charge in [0.25, 0.3) is 11.5 Å². The number of likely N-dealkylation sites (tertiary alicyclic amines) is 1. The molecule has 1 unspecified atom stereocenters. The highest BCUT2D eigenvalue weighted by Crippen LogP contribution is 2.20. The minimum Gasteiger partial charge on any atom is -0.384 e. The van der Waals surface area contributed by atoms with Crippen LogP contribution in [0.5, 0.6) is 0 Å². The van der Waals surface area contributed by atoms with Gasteiger partial charge in [-0.2, -0.15) is 0 Å². The van der Waals surface area contributed by atoms with Crippen LogP contribution in [-0.2, 0) is 4.74 Å². The molecule has 0 saturated carbocycles. The summed E-state index contributed by atoms with van der Waals surface area (Å²) < 4.78 is 6.85. The van der Waals surface area contributed by atoms with E-state index in [0.717, 1.165) is 25.9 Å². The van der Waals surface area contributed by atoms with Gasteiger partial charge in [-0.05, 0) is 62.1 Å². The highest BCUT2D eigenvalue weighted by atomic mass is 16.5. The Morgan fingerprint density at radius 1 is 1.17 bits per heavy atom. The van der Waals surface area contributed by atoms with Gasteiger partial charge >= 0.3 is 0 Å². The van der Waals surface area contributed by atoms with Crippen molar-refractivity contribution in [2.45, 2.75) is 19.8 Å². The SMILES string of the molecule is COCC1CCCN(C(=O)c2ccc(-n3c(C)nc4ccccc4c3=O)cc2)C1. The lowest BCUT2D eigenvalue weighted by molar-refractivity contribution is 0.0571. The van der Waals surface area contributed by atoms with Crippen LogP contribution in [0.4, 0.5) is 0 Å². The van der Waals surface area contributed by atoms with E-state index in [1.807, 2.05) is 42.2 Å². The van der Waals surface area contributed by atoms with Crippen LogP contribution in [0.1, 0.15) is 29.0 Å². The van der Waals surface area contributed by atoms with Crippen LogP contribution in [0.15, 0.2) is 53.3 Å². The second kappa shape index (κ2) is 8.17. The van der Waals surface area contributed by atoms with Gasteiger partial charge in [0.1, 0.15) is 5.82 Å². The van der Waals surface area contributed by atoms with Crippen molar-refractivity contribution in [2.75, 3.05) is 26.8 Å². The van der Waals surface area contributed by atoms with Crippen molar-refractivity contribution in [3.05, 3.63) is 70.3 Å². The van der Waals surface area contributed by atoms with E-state index in [9.17, 15) is 9.59 Å². The molecular formula is C23H25N3O3. The smallest absolute Gasteiger partial charge is 0.265 e. The molecule has 1 fully saturated rings. The van der Waals surface area contributed by atoms with Gasteiger partial charge in [-0.15, -0.1) is 0 Å². The molecule has 1 amide bonds. The number of aryl methyl sites for hydroxylation is 1. The highest BCUT2D eigenvalue weighted by molar-refractivity contribution is 5.94. The number of para-hydroxylation sites is 1. The van der Waals surface area contributed by atoms with Gasteiger partial charge < -0.3 is 9.64 Å². The number of methoxy groups -OCH3 is 1. The lowest BCUT2D eigenvalue weighted by Crippen LogP contribution is -2.41. The molecule has 4 rings (SSSR count). The largest absolute Gasteiger partial charge is 0.384 e. The number of ether oxygens (including phenoxy) is 1. The van der Waals surface area contributed by atoms with Crippen LogP contribution in [0, 0.1) is 12.8 Å². The van der Waals surface area contributed by atoms with Crippen molar-refractivity contribution in [1.29, 1.82) is 0 Å². The summed E-state index contributed by atoms with van der Waals surface area (Å²) in [5.74, 6) is 1.03. The number of rotatable bonds is 4. The average molecular weight is 391 g/mol. The first kappa shape index (κ1) is 19.3. The lowest BCUT2D eigenvalue weighted by Gasteiger charge is -2.32. The molecule has 0 N–H and O–H groups in total. The van der Waals surface area contributed by atoms with Gasteiger partial charge in [0.15, 0.2) is 0 Å². The number of fused-ring (bicyclic) bond motifs is 1. The topological polar surface area (TPSA) is 64.4 Å². The van der Waals surface area contributed by atoms with Crippen LogP contribution >= 0.6 is 0 Å². The third-order valence-electron chi connectivity index (χ3n) is 5.52. The molecule has 1 atom stereocenters. The Hall–Kier alpha value is -2.99. The van der Waals surface area contributed by atoms with Crippen LogP contribution in [0.2, 0.25) is 0 Å².